The SMILES string of the molecule is COC(=O)c1ccc(NC2=C(Cl)C(=O)N(CCc3ccccc3)C2=O)cc1. The van der Waals surface area contributed by atoms with Crippen LogP contribution in [0.5, 0.6) is 0 Å². The van der Waals surface area contributed by atoms with E-state index in [4.69, 9.17) is 11.6 Å². The number of anilines is 1. The molecule has 0 atom stereocenters. The van der Waals surface area contributed by atoms with E-state index in [-0.39, 0.29) is 17.3 Å². The first-order valence-electron chi connectivity index (χ1n) is 8.26. The third kappa shape index (κ3) is 4.01. The molecule has 27 heavy (non-hydrogen) atoms. The predicted octanol–water partition coefficient (Wildman–Crippen LogP) is 2.95. The number of carbonyl (C=O) groups is 3. The minimum Gasteiger partial charge on any atom is -0.465 e. The Hall–Kier alpha value is -3.12. The van der Waals surface area contributed by atoms with E-state index in [2.05, 4.69) is 10.1 Å². The van der Waals surface area contributed by atoms with Crippen LogP contribution in [-0.2, 0) is 20.7 Å². The normalized spacial score (nSPS) is 13.9. The molecule has 1 N–H and O–H groups in total. The molecular formula is C20H17ClN2O4. The van der Waals surface area contributed by atoms with Crippen molar-refractivity contribution in [2.45, 2.75) is 6.42 Å². The molecule has 0 spiro atoms. The second kappa shape index (κ2) is 8.05. The lowest BCUT2D eigenvalue weighted by Gasteiger charge is -2.15. The lowest BCUT2D eigenvalue weighted by Crippen LogP contribution is -2.34. The van der Waals surface area contributed by atoms with Gasteiger partial charge in [-0.1, -0.05) is 41.9 Å². The smallest absolute Gasteiger partial charge is 0.337 e. The molecular weight excluding hydrogens is 368 g/mol. The number of methoxy groups -OCH3 is 1. The van der Waals surface area contributed by atoms with Crippen molar-refractivity contribution >= 4 is 35.1 Å². The van der Waals surface area contributed by atoms with Gasteiger partial charge in [-0.05, 0) is 36.2 Å². The van der Waals surface area contributed by atoms with Gasteiger partial charge >= 0.3 is 5.97 Å². The Morgan fingerprint density at radius 1 is 1.04 bits per heavy atom. The fourth-order valence-electron chi connectivity index (χ4n) is 2.70. The maximum atomic E-state index is 12.6. The number of hydrogen-bond donors (Lipinski definition) is 1. The van der Waals surface area contributed by atoms with Crippen LogP contribution in [-0.4, -0.2) is 36.3 Å². The average Bonchev–Trinajstić information content (AvgIpc) is 2.90. The number of benzene rings is 2. The molecule has 2 aromatic rings. The number of halogens is 1. The number of hydrogen-bond acceptors (Lipinski definition) is 5. The lowest BCUT2D eigenvalue weighted by molar-refractivity contribution is -0.137. The fourth-order valence-corrected chi connectivity index (χ4v) is 2.93. The van der Waals surface area contributed by atoms with E-state index in [1.54, 1.807) is 24.3 Å². The summed E-state index contributed by atoms with van der Waals surface area (Å²) in [6.07, 6.45) is 0.545. The van der Waals surface area contributed by atoms with Crippen molar-refractivity contribution in [3.8, 4) is 0 Å². The summed E-state index contributed by atoms with van der Waals surface area (Å²) in [6.45, 7) is 0.240. The van der Waals surface area contributed by atoms with Crippen molar-refractivity contribution in [3.05, 3.63) is 76.5 Å². The lowest BCUT2D eigenvalue weighted by atomic mass is 10.1. The Bertz CT molecular complexity index is 907. The Labute approximate surface area is 161 Å². The molecule has 0 aromatic heterocycles. The van der Waals surface area contributed by atoms with E-state index >= 15 is 0 Å². The van der Waals surface area contributed by atoms with E-state index < -0.39 is 17.8 Å². The second-order valence-electron chi connectivity index (χ2n) is 5.88. The third-order valence-corrected chi connectivity index (χ3v) is 4.50. The van der Waals surface area contributed by atoms with Crippen molar-refractivity contribution in [3.63, 3.8) is 0 Å². The topological polar surface area (TPSA) is 75.7 Å². The van der Waals surface area contributed by atoms with Crippen molar-refractivity contribution in [2.75, 3.05) is 19.0 Å². The first-order chi connectivity index (χ1) is 13.0. The van der Waals surface area contributed by atoms with Gasteiger partial charge in [0.2, 0.25) is 0 Å². The minimum absolute atomic E-state index is 0.0283. The van der Waals surface area contributed by atoms with Crippen LogP contribution in [0.2, 0.25) is 0 Å². The van der Waals surface area contributed by atoms with Crippen molar-refractivity contribution < 1.29 is 19.1 Å². The van der Waals surface area contributed by atoms with Crippen molar-refractivity contribution in [2.24, 2.45) is 0 Å². The summed E-state index contributed by atoms with van der Waals surface area (Å²) in [5.74, 6) is -1.46. The van der Waals surface area contributed by atoms with Gasteiger partial charge in [-0.15, -0.1) is 0 Å². The monoisotopic (exact) mass is 384 g/mol. The van der Waals surface area contributed by atoms with Crippen LogP contribution in [0.3, 0.4) is 0 Å². The molecule has 0 saturated carbocycles. The van der Waals surface area contributed by atoms with Gasteiger partial charge in [-0.2, -0.15) is 0 Å². The summed E-state index contributed by atoms with van der Waals surface area (Å²) in [7, 11) is 1.30. The zero-order chi connectivity index (χ0) is 19.4. The zero-order valence-electron chi connectivity index (χ0n) is 14.6. The molecule has 7 heteroatoms. The number of ether oxygens (including phenoxy) is 1. The Morgan fingerprint density at radius 2 is 1.70 bits per heavy atom. The quantitative estimate of drug-likeness (QED) is 0.612. The van der Waals surface area contributed by atoms with Gasteiger partial charge in [0.05, 0.1) is 12.7 Å². The molecule has 0 unspecified atom stereocenters. The summed E-state index contributed by atoms with van der Waals surface area (Å²) >= 11 is 6.09. The number of nitrogens with one attached hydrogen (secondary N) is 1. The van der Waals surface area contributed by atoms with Gasteiger partial charge in [-0.25, -0.2) is 4.79 Å². The van der Waals surface area contributed by atoms with Gasteiger partial charge in [0.15, 0.2) is 0 Å². The summed E-state index contributed by atoms with van der Waals surface area (Å²) in [4.78, 5) is 37.5. The predicted molar refractivity (Wildman–Crippen MR) is 101 cm³/mol. The van der Waals surface area contributed by atoms with Gasteiger partial charge < -0.3 is 10.1 Å². The van der Waals surface area contributed by atoms with E-state index in [9.17, 15) is 14.4 Å². The molecule has 3 rings (SSSR count). The molecule has 2 aromatic carbocycles. The van der Waals surface area contributed by atoms with Gasteiger partial charge in [0.1, 0.15) is 10.7 Å². The third-order valence-electron chi connectivity index (χ3n) is 4.15. The molecule has 0 saturated heterocycles. The molecule has 6 nitrogen and oxygen atoms in total. The first kappa shape index (κ1) is 18.7. The Kier molecular flexibility index (Phi) is 5.57. The zero-order valence-corrected chi connectivity index (χ0v) is 15.3. The molecule has 0 fully saturated rings. The minimum atomic E-state index is -0.522. The molecule has 0 radical (unpaired) electrons. The van der Waals surface area contributed by atoms with Gasteiger partial charge in [0, 0.05) is 12.2 Å². The summed E-state index contributed by atoms with van der Waals surface area (Å²) in [5, 5.41) is 2.72. The Morgan fingerprint density at radius 3 is 2.33 bits per heavy atom. The van der Waals surface area contributed by atoms with Crippen LogP contribution in [0.25, 0.3) is 0 Å². The average molecular weight is 385 g/mol. The molecule has 2 amide bonds. The molecule has 1 aliphatic rings. The number of nitrogens with zero attached hydrogens (tertiary/aromatic N) is 1. The standard InChI is InChI=1S/C20H17ClN2O4/c1-27-20(26)14-7-9-15(10-8-14)22-17-16(21)18(24)23(19(17)25)12-11-13-5-3-2-4-6-13/h2-10,22H,11-12H2,1H3. The van der Waals surface area contributed by atoms with Crippen LogP contribution in [0, 0.1) is 0 Å². The number of amides is 2. The maximum Gasteiger partial charge on any atom is 0.337 e. The highest BCUT2D eigenvalue weighted by molar-refractivity contribution is 6.48. The summed E-state index contributed by atoms with van der Waals surface area (Å²) in [6, 6.07) is 15.9. The van der Waals surface area contributed by atoms with E-state index in [1.807, 2.05) is 30.3 Å². The van der Waals surface area contributed by atoms with Gasteiger partial charge in [0.25, 0.3) is 11.8 Å². The Balaban J connectivity index is 1.69. The number of esters is 1. The van der Waals surface area contributed by atoms with Gasteiger partial charge in [-0.3, -0.25) is 14.5 Å². The number of carbonyl (C=O) groups excluding carboxylic acids is 3. The maximum absolute atomic E-state index is 12.6. The van der Waals surface area contributed by atoms with Crippen molar-refractivity contribution in [1.29, 1.82) is 0 Å². The van der Waals surface area contributed by atoms with Crippen LogP contribution >= 0.6 is 11.6 Å². The second-order valence-corrected chi connectivity index (χ2v) is 6.26. The molecule has 1 heterocycles. The highest BCUT2D eigenvalue weighted by Gasteiger charge is 2.37. The molecule has 0 bridgehead atoms. The van der Waals surface area contributed by atoms with Crippen LogP contribution in [0.15, 0.2) is 65.3 Å². The van der Waals surface area contributed by atoms with Crippen LogP contribution < -0.4 is 5.32 Å². The van der Waals surface area contributed by atoms with Crippen LogP contribution in [0.4, 0.5) is 5.69 Å². The van der Waals surface area contributed by atoms with E-state index in [1.165, 1.54) is 7.11 Å². The largest absolute Gasteiger partial charge is 0.465 e. The van der Waals surface area contributed by atoms with Crippen LogP contribution in [0.1, 0.15) is 15.9 Å². The summed E-state index contributed by atoms with van der Waals surface area (Å²) in [5.41, 5.74) is 1.96. The highest BCUT2D eigenvalue weighted by atomic mass is 35.5. The fraction of sp³-hybridized carbons (Fsp3) is 0.150. The molecule has 0 aliphatic carbocycles. The number of rotatable bonds is 6. The highest BCUT2D eigenvalue weighted by Crippen LogP contribution is 2.26. The number of imide groups is 1. The molecule has 1 aliphatic heterocycles. The van der Waals surface area contributed by atoms with E-state index in [0.717, 1.165) is 10.5 Å². The summed E-state index contributed by atoms with van der Waals surface area (Å²) < 4.78 is 4.64. The van der Waals surface area contributed by atoms with E-state index in [0.29, 0.717) is 17.7 Å². The first-order valence-corrected chi connectivity index (χ1v) is 8.64. The molecule has 138 valence electrons. The van der Waals surface area contributed by atoms with Crippen molar-refractivity contribution in [1.82, 2.24) is 4.90 Å².